The summed E-state index contributed by atoms with van der Waals surface area (Å²) in [7, 11) is 0.964. The molecule has 0 aliphatic carbocycles. The molecule has 1 saturated heterocycles. The van der Waals surface area contributed by atoms with E-state index in [4.69, 9.17) is 0 Å². The Bertz CT molecular complexity index is 334. The van der Waals surface area contributed by atoms with Crippen LogP contribution in [0, 0.1) is 0 Å². The highest BCUT2D eigenvalue weighted by atomic mass is 32.2. The number of nitrogens with zero attached hydrogens (tertiary/aromatic N) is 2. The molecule has 1 heterocycles. The summed E-state index contributed by atoms with van der Waals surface area (Å²) < 4.78 is 26.2. The molecule has 2 N–H and O–H groups in total. The van der Waals surface area contributed by atoms with Crippen molar-refractivity contribution in [3.63, 3.8) is 0 Å². The maximum atomic E-state index is 11.8. The number of piperazine rings is 1. The molecule has 1 aliphatic heterocycles. The van der Waals surface area contributed by atoms with Gasteiger partial charge < -0.3 is 10.2 Å². The Morgan fingerprint density at radius 1 is 1.28 bits per heavy atom. The van der Waals surface area contributed by atoms with Gasteiger partial charge in [0.1, 0.15) is 0 Å². The molecule has 108 valence electrons. The van der Waals surface area contributed by atoms with E-state index in [2.05, 4.69) is 26.9 Å². The first-order valence-electron chi connectivity index (χ1n) is 6.51. The fourth-order valence-corrected chi connectivity index (χ4v) is 3.00. The van der Waals surface area contributed by atoms with Crippen LogP contribution in [0.3, 0.4) is 0 Å². The fraction of sp³-hybridized carbons (Fsp3) is 1.00. The van der Waals surface area contributed by atoms with Crippen LogP contribution in [0.1, 0.15) is 6.92 Å². The van der Waals surface area contributed by atoms with E-state index in [1.807, 2.05) is 14.0 Å². The van der Waals surface area contributed by atoms with Crippen molar-refractivity contribution in [2.24, 2.45) is 0 Å². The van der Waals surface area contributed by atoms with Crippen molar-refractivity contribution in [2.45, 2.75) is 13.0 Å². The molecule has 1 unspecified atom stereocenters. The van der Waals surface area contributed by atoms with Gasteiger partial charge in [0.15, 0.2) is 0 Å². The molecule has 0 aromatic heterocycles. The van der Waals surface area contributed by atoms with E-state index in [9.17, 15) is 8.42 Å². The molecule has 1 atom stereocenters. The Balaban J connectivity index is 2.34. The second kappa shape index (κ2) is 7.40. The van der Waals surface area contributed by atoms with Crippen LogP contribution < -0.4 is 10.0 Å². The van der Waals surface area contributed by atoms with E-state index < -0.39 is 10.0 Å². The summed E-state index contributed by atoms with van der Waals surface area (Å²) in [5.41, 5.74) is 0. The third-order valence-electron chi connectivity index (χ3n) is 3.32. The van der Waals surface area contributed by atoms with Crippen LogP contribution in [0.4, 0.5) is 0 Å². The lowest BCUT2D eigenvalue weighted by molar-refractivity contribution is 0.117. The van der Waals surface area contributed by atoms with Crippen LogP contribution in [0.25, 0.3) is 0 Å². The van der Waals surface area contributed by atoms with Crippen LogP contribution >= 0.6 is 0 Å². The minimum Gasteiger partial charge on any atom is -0.316 e. The van der Waals surface area contributed by atoms with E-state index >= 15 is 0 Å². The maximum absolute atomic E-state index is 11.8. The Hall–Kier alpha value is -0.210. The van der Waals surface area contributed by atoms with Crippen molar-refractivity contribution in [3.05, 3.63) is 0 Å². The minimum atomic E-state index is -3.15. The van der Waals surface area contributed by atoms with Crippen molar-refractivity contribution in [3.8, 4) is 0 Å². The Labute approximate surface area is 111 Å². The van der Waals surface area contributed by atoms with Gasteiger partial charge in [0.05, 0.1) is 5.75 Å². The average molecular weight is 278 g/mol. The van der Waals surface area contributed by atoms with Gasteiger partial charge in [-0.05, 0) is 20.6 Å². The summed E-state index contributed by atoms with van der Waals surface area (Å²) in [6, 6.07) is 0.262. The van der Waals surface area contributed by atoms with Crippen molar-refractivity contribution < 1.29 is 8.42 Å². The molecule has 0 spiro atoms. The van der Waals surface area contributed by atoms with Crippen molar-refractivity contribution >= 4 is 10.0 Å². The first-order chi connectivity index (χ1) is 8.44. The third-order valence-corrected chi connectivity index (χ3v) is 4.66. The largest absolute Gasteiger partial charge is 0.316 e. The smallest absolute Gasteiger partial charge is 0.212 e. The molecule has 0 aromatic carbocycles. The molecule has 1 fully saturated rings. The standard InChI is InChI=1S/C11H26N4O2S/c1-4-12-5-8-18(16,17)13-9-11-10-14(2)6-7-15(11)3/h11-13H,4-10H2,1-3H3. The number of nitrogens with one attached hydrogen (secondary N) is 2. The lowest BCUT2D eigenvalue weighted by Gasteiger charge is -2.37. The first-order valence-corrected chi connectivity index (χ1v) is 8.16. The predicted octanol–water partition coefficient (Wildman–Crippen LogP) is -1.24. The highest BCUT2D eigenvalue weighted by molar-refractivity contribution is 7.89. The third kappa shape index (κ3) is 5.62. The Morgan fingerprint density at radius 2 is 2.00 bits per heavy atom. The molecule has 1 rings (SSSR count). The van der Waals surface area contributed by atoms with Crippen LogP contribution in [0.5, 0.6) is 0 Å². The predicted molar refractivity (Wildman–Crippen MR) is 74.2 cm³/mol. The van der Waals surface area contributed by atoms with Gasteiger partial charge in [-0.25, -0.2) is 13.1 Å². The Morgan fingerprint density at radius 3 is 2.67 bits per heavy atom. The maximum Gasteiger partial charge on any atom is 0.212 e. The van der Waals surface area contributed by atoms with E-state index in [1.54, 1.807) is 0 Å². The summed E-state index contributed by atoms with van der Waals surface area (Å²) >= 11 is 0. The zero-order valence-electron chi connectivity index (χ0n) is 11.6. The number of hydrogen-bond acceptors (Lipinski definition) is 5. The lowest BCUT2D eigenvalue weighted by atomic mass is 10.2. The van der Waals surface area contributed by atoms with Gasteiger partial charge in [-0.3, -0.25) is 4.90 Å². The van der Waals surface area contributed by atoms with Crippen LogP contribution in [0.15, 0.2) is 0 Å². The molecule has 0 aromatic rings. The fourth-order valence-electron chi connectivity index (χ4n) is 2.00. The zero-order chi connectivity index (χ0) is 13.6. The average Bonchev–Trinajstić information content (AvgIpc) is 2.31. The highest BCUT2D eigenvalue weighted by Gasteiger charge is 2.23. The molecule has 7 heteroatoms. The molecule has 18 heavy (non-hydrogen) atoms. The SMILES string of the molecule is CCNCCS(=O)(=O)NCC1CN(C)CCN1C. The Kier molecular flexibility index (Phi) is 6.51. The van der Waals surface area contributed by atoms with E-state index in [-0.39, 0.29) is 11.8 Å². The van der Waals surface area contributed by atoms with Gasteiger partial charge in [0, 0.05) is 38.8 Å². The molecular weight excluding hydrogens is 252 g/mol. The van der Waals surface area contributed by atoms with Gasteiger partial charge in [-0.15, -0.1) is 0 Å². The minimum absolute atomic E-state index is 0.146. The van der Waals surface area contributed by atoms with Gasteiger partial charge in [0.25, 0.3) is 0 Å². The molecule has 0 saturated carbocycles. The quantitative estimate of drug-likeness (QED) is 0.571. The van der Waals surface area contributed by atoms with Crippen molar-refractivity contribution in [1.29, 1.82) is 0 Å². The van der Waals surface area contributed by atoms with E-state index in [1.165, 1.54) is 0 Å². The molecule has 0 bridgehead atoms. The number of hydrogen-bond donors (Lipinski definition) is 2. The van der Waals surface area contributed by atoms with E-state index in [0.717, 1.165) is 26.2 Å². The van der Waals surface area contributed by atoms with Crippen LogP contribution in [-0.2, 0) is 10.0 Å². The topological polar surface area (TPSA) is 64.7 Å². The van der Waals surface area contributed by atoms with Crippen molar-refractivity contribution in [2.75, 3.05) is 59.1 Å². The van der Waals surface area contributed by atoms with Gasteiger partial charge >= 0.3 is 0 Å². The highest BCUT2D eigenvalue weighted by Crippen LogP contribution is 2.05. The zero-order valence-corrected chi connectivity index (χ0v) is 12.5. The number of rotatable bonds is 7. The van der Waals surface area contributed by atoms with Crippen molar-refractivity contribution in [1.82, 2.24) is 19.8 Å². The number of likely N-dealkylation sites (N-methyl/N-ethyl adjacent to an activating group) is 2. The van der Waals surface area contributed by atoms with Gasteiger partial charge in [0.2, 0.25) is 10.0 Å². The molecule has 0 amide bonds. The summed E-state index contributed by atoms with van der Waals surface area (Å²) in [4.78, 5) is 4.45. The normalized spacial score (nSPS) is 23.4. The second-order valence-corrected chi connectivity index (χ2v) is 6.84. The van der Waals surface area contributed by atoms with Crippen LogP contribution in [-0.4, -0.2) is 83.4 Å². The summed E-state index contributed by atoms with van der Waals surface area (Å²) in [6.07, 6.45) is 0. The summed E-state index contributed by atoms with van der Waals surface area (Å²) in [5, 5.41) is 3.02. The monoisotopic (exact) mass is 278 g/mol. The molecule has 0 radical (unpaired) electrons. The van der Waals surface area contributed by atoms with Gasteiger partial charge in [-0.1, -0.05) is 6.92 Å². The van der Waals surface area contributed by atoms with Gasteiger partial charge in [-0.2, -0.15) is 0 Å². The summed E-state index contributed by atoms with van der Waals surface area (Å²) in [6.45, 7) is 6.70. The summed E-state index contributed by atoms with van der Waals surface area (Å²) in [5.74, 6) is 0.146. The molecule has 6 nitrogen and oxygen atoms in total. The van der Waals surface area contributed by atoms with Crippen LogP contribution in [0.2, 0.25) is 0 Å². The number of sulfonamides is 1. The molecular formula is C11H26N4O2S. The second-order valence-electron chi connectivity index (χ2n) is 4.92. The molecule has 1 aliphatic rings. The lowest BCUT2D eigenvalue weighted by Crippen LogP contribution is -2.54. The first kappa shape index (κ1) is 15.8. The van der Waals surface area contributed by atoms with E-state index in [0.29, 0.717) is 13.1 Å².